The van der Waals surface area contributed by atoms with Gasteiger partial charge in [0.1, 0.15) is 5.82 Å². The summed E-state index contributed by atoms with van der Waals surface area (Å²) >= 11 is 3.70. The van der Waals surface area contributed by atoms with Crippen LogP contribution in [-0.2, 0) is 0 Å². The number of halogens is 1. The number of benzene rings is 1. The summed E-state index contributed by atoms with van der Waals surface area (Å²) in [5.41, 5.74) is 1.17. The quantitative estimate of drug-likeness (QED) is 0.885. The number of rotatable bonds is 2. The second kappa shape index (κ2) is 5.85. The van der Waals surface area contributed by atoms with E-state index in [0.29, 0.717) is 12.1 Å². The van der Waals surface area contributed by atoms with E-state index in [1.165, 1.54) is 29.9 Å². The predicted molar refractivity (Wildman–Crippen MR) is 78.0 cm³/mol. The van der Waals surface area contributed by atoms with Gasteiger partial charge in [-0.3, -0.25) is 0 Å². The van der Waals surface area contributed by atoms with E-state index in [1.807, 2.05) is 17.8 Å². The summed E-state index contributed by atoms with van der Waals surface area (Å²) in [5.74, 6) is 3.46. The molecule has 2 unspecified atom stereocenters. The molecule has 1 fully saturated rings. The SMILES string of the molecule is Fc1cccc2c1SCCC2NC1CCCSC1. The molecular weight excluding hydrogens is 265 g/mol. The minimum absolute atomic E-state index is 0.0537. The zero-order valence-corrected chi connectivity index (χ0v) is 12.0. The van der Waals surface area contributed by atoms with E-state index in [4.69, 9.17) is 0 Å². The third-order valence-corrected chi connectivity index (χ3v) is 6.00. The van der Waals surface area contributed by atoms with Gasteiger partial charge >= 0.3 is 0 Å². The summed E-state index contributed by atoms with van der Waals surface area (Å²) < 4.78 is 13.8. The minimum atomic E-state index is -0.0537. The molecule has 1 saturated heterocycles. The van der Waals surface area contributed by atoms with Crippen LogP contribution in [0, 0.1) is 5.82 Å². The molecule has 1 aromatic rings. The highest BCUT2D eigenvalue weighted by atomic mass is 32.2. The lowest BCUT2D eigenvalue weighted by molar-refractivity contribution is 0.416. The number of fused-ring (bicyclic) bond motifs is 1. The monoisotopic (exact) mass is 283 g/mol. The largest absolute Gasteiger partial charge is 0.306 e. The van der Waals surface area contributed by atoms with E-state index in [1.54, 1.807) is 17.8 Å². The lowest BCUT2D eigenvalue weighted by Gasteiger charge is -2.32. The van der Waals surface area contributed by atoms with Crippen molar-refractivity contribution < 1.29 is 4.39 Å². The van der Waals surface area contributed by atoms with Crippen LogP contribution in [0.4, 0.5) is 4.39 Å². The molecule has 2 aliphatic heterocycles. The van der Waals surface area contributed by atoms with Gasteiger partial charge in [-0.2, -0.15) is 11.8 Å². The Morgan fingerprint density at radius 2 is 2.17 bits per heavy atom. The summed E-state index contributed by atoms with van der Waals surface area (Å²) in [5, 5.41) is 3.74. The highest BCUT2D eigenvalue weighted by molar-refractivity contribution is 7.99. The third kappa shape index (κ3) is 2.70. The lowest BCUT2D eigenvalue weighted by atomic mass is 10.0. The Morgan fingerprint density at radius 1 is 1.22 bits per heavy atom. The van der Waals surface area contributed by atoms with Crippen LogP contribution in [0.25, 0.3) is 0 Å². The maximum Gasteiger partial charge on any atom is 0.137 e. The summed E-state index contributed by atoms with van der Waals surface area (Å²) in [7, 11) is 0. The van der Waals surface area contributed by atoms with Crippen LogP contribution < -0.4 is 5.32 Å². The molecule has 98 valence electrons. The number of hydrogen-bond donors (Lipinski definition) is 1. The van der Waals surface area contributed by atoms with Gasteiger partial charge in [0.05, 0.1) is 0 Å². The van der Waals surface area contributed by atoms with Gasteiger partial charge in [0, 0.05) is 22.7 Å². The van der Waals surface area contributed by atoms with Crippen LogP contribution in [0.15, 0.2) is 23.1 Å². The van der Waals surface area contributed by atoms with Gasteiger partial charge in [0.15, 0.2) is 0 Å². The molecule has 0 saturated carbocycles. The Labute approximate surface area is 116 Å². The average Bonchev–Trinajstić information content (AvgIpc) is 2.41. The zero-order chi connectivity index (χ0) is 12.4. The van der Waals surface area contributed by atoms with Gasteiger partial charge in [-0.1, -0.05) is 12.1 Å². The Morgan fingerprint density at radius 3 is 3.00 bits per heavy atom. The molecule has 1 N–H and O–H groups in total. The fraction of sp³-hybridized carbons (Fsp3) is 0.571. The second-order valence-corrected chi connectivity index (χ2v) is 7.18. The minimum Gasteiger partial charge on any atom is -0.306 e. The molecule has 0 radical (unpaired) electrons. The van der Waals surface area contributed by atoms with Gasteiger partial charge in [-0.15, -0.1) is 11.8 Å². The van der Waals surface area contributed by atoms with Crippen molar-refractivity contribution in [2.75, 3.05) is 17.3 Å². The summed E-state index contributed by atoms with van der Waals surface area (Å²) in [4.78, 5) is 0.865. The summed E-state index contributed by atoms with van der Waals surface area (Å²) in [6.07, 6.45) is 3.68. The van der Waals surface area contributed by atoms with E-state index >= 15 is 0 Å². The Balaban J connectivity index is 1.76. The van der Waals surface area contributed by atoms with E-state index in [9.17, 15) is 4.39 Å². The Kier molecular flexibility index (Phi) is 4.16. The molecule has 0 aromatic heterocycles. The first-order valence-corrected chi connectivity index (χ1v) is 8.73. The van der Waals surface area contributed by atoms with Crippen LogP contribution in [0.5, 0.6) is 0 Å². The molecular formula is C14H18FNS2. The zero-order valence-electron chi connectivity index (χ0n) is 10.3. The first kappa shape index (κ1) is 12.8. The second-order valence-electron chi connectivity index (χ2n) is 4.93. The van der Waals surface area contributed by atoms with Crippen molar-refractivity contribution in [2.45, 2.75) is 36.2 Å². The number of nitrogens with one attached hydrogen (secondary N) is 1. The average molecular weight is 283 g/mol. The molecule has 18 heavy (non-hydrogen) atoms. The standard InChI is InChI=1S/C14H18FNS2/c15-12-5-1-4-11-13(6-8-18-14(11)12)16-10-3-2-7-17-9-10/h1,4-5,10,13,16H,2-3,6-9H2. The molecule has 0 bridgehead atoms. The first-order valence-electron chi connectivity index (χ1n) is 6.59. The van der Waals surface area contributed by atoms with E-state index in [0.717, 1.165) is 17.1 Å². The third-order valence-electron chi connectivity index (χ3n) is 3.62. The smallest absolute Gasteiger partial charge is 0.137 e. The maximum atomic E-state index is 13.8. The summed E-state index contributed by atoms with van der Waals surface area (Å²) in [6.45, 7) is 0. The fourth-order valence-electron chi connectivity index (χ4n) is 2.72. The van der Waals surface area contributed by atoms with Crippen LogP contribution >= 0.6 is 23.5 Å². The molecule has 2 atom stereocenters. The Bertz CT molecular complexity index is 418. The lowest BCUT2D eigenvalue weighted by Crippen LogP contribution is -2.38. The van der Waals surface area contributed by atoms with Crippen molar-refractivity contribution in [1.29, 1.82) is 0 Å². The number of hydrogen-bond acceptors (Lipinski definition) is 3. The molecule has 0 aliphatic carbocycles. The van der Waals surface area contributed by atoms with Crippen molar-refractivity contribution in [3.8, 4) is 0 Å². The van der Waals surface area contributed by atoms with Crippen LogP contribution in [-0.4, -0.2) is 23.3 Å². The van der Waals surface area contributed by atoms with E-state index in [-0.39, 0.29) is 5.82 Å². The van der Waals surface area contributed by atoms with Crippen molar-refractivity contribution in [1.82, 2.24) is 5.32 Å². The van der Waals surface area contributed by atoms with Crippen LogP contribution in [0.2, 0.25) is 0 Å². The molecule has 2 aliphatic rings. The van der Waals surface area contributed by atoms with Crippen molar-refractivity contribution in [3.05, 3.63) is 29.6 Å². The molecule has 4 heteroatoms. The normalized spacial score (nSPS) is 27.8. The number of thioether (sulfide) groups is 2. The highest BCUT2D eigenvalue weighted by Gasteiger charge is 2.25. The maximum absolute atomic E-state index is 13.8. The van der Waals surface area contributed by atoms with Gasteiger partial charge in [0.2, 0.25) is 0 Å². The molecule has 1 nitrogen and oxygen atoms in total. The van der Waals surface area contributed by atoms with Crippen LogP contribution in [0.3, 0.4) is 0 Å². The predicted octanol–water partition coefficient (Wildman–Crippen LogP) is 3.85. The van der Waals surface area contributed by atoms with Gasteiger partial charge in [-0.25, -0.2) is 4.39 Å². The van der Waals surface area contributed by atoms with E-state index in [2.05, 4.69) is 11.4 Å². The van der Waals surface area contributed by atoms with Crippen molar-refractivity contribution in [2.24, 2.45) is 0 Å². The first-order chi connectivity index (χ1) is 8.84. The molecule has 0 amide bonds. The molecule has 1 aromatic carbocycles. The van der Waals surface area contributed by atoms with E-state index < -0.39 is 0 Å². The highest BCUT2D eigenvalue weighted by Crippen LogP contribution is 2.38. The van der Waals surface area contributed by atoms with Gasteiger partial charge in [-0.05, 0) is 42.4 Å². The van der Waals surface area contributed by atoms with Crippen LogP contribution in [0.1, 0.15) is 30.9 Å². The topological polar surface area (TPSA) is 12.0 Å². The molecule has 2 heterocycles. The Hall–Kier alpha value is -0.190. The van der Waals surface area contributed by atoms with Gasteiger partial charge < -0.3 is 5.32 Å². The molecule has 0 spiro atoms. The van der Waals surface area contributed by atoms with Gasteiger partial charge in [0.25, 0.3) is 0 Å². The van der Waals surface area contributed by atoms with Crippen molar-refractivity contribution >= 4 is 23.5 Å². The fourth-order valence-corrected chi connectivity index (χ4v) is 4.94. The molecule has 3 rings (SSSR count). The summed E-state index contributed by atoms with van der Waals surface area (Å²) in [6, 6.07) is 6.45. The van der Waals surface area contributed by atoms with Crippen molar-refractivity contribution in [3.63, 3.8) is 0 Å².